The van der Waals surface area contributed by atoms with Crippen molar-refractivity contribution in [2.24, 2.45) is 0 Å². The Hall–Kier alpha value is -2.75. The molecule has 154 valence electrons. The highest BCUT2D eigenvalue weighted by Gasteiger charge is 2.28. The first-order valence-electron chi connectivity index (χ1n) is 9.58. The maximum Gasteiger partial charge on any atom is 0.321 e. The maximum absolute atomic E-state index is 12.3. The largest absolute Gasteiger partial charge is 0.485 e. The predicted octanol–water partition coefficient (Wildman–Crippen LogP) is 2.83. The molecule has 2 aromatic rings. The summed E-state index contributed by atoms with van der Waals surface area (Å²) in [5, 5.41) is 12.8. The Morgan fingerprint density at radius 3 is 2.72 bits per heavy atom. The summed E-state index contributed by atoms with van der Waals surface area (Å²) in [6, 6.07) is 7.02. The molecule has 1 aliphatic carbocycles. The number of hydrogen-bond donors (Lipinski definition) is 2. The number of imide groups is 1. The smallest absolute Gasteiger partial charge is 0.321 e. The number of para-hydroxylation sites is 2. The minimum Gasteiger partial charge on any atom is -0.485 e. The molecule has 3 amide bonds. The van der Waals surface area contributed by atoms with Crippen molar-refractivity contribution in [3.05, 3.63) is 30.2 Å². The zero-order valence-electron chi connectivity index (χ0n) is 15.9. The van der Waals surface area contributed by atoms with Gasteiger partial charge >= 0.3 is 6.03 Å². The average molecular weight is 418 g/mol. The Bertz CT molecular complexity index is 883. The van der Waals surface area contributed by atoms with E-state index in [0.29, 0.717) is 11.5 Å². The zero-order valence-corrected chi connectivity index (χ0v) is 16.7. The number of nitrogens with one attached hydrogen (secondary N) is 2. The molecule has 1 saturated carbocycles. The van der Waals surface area contributed by atoms with Crippen molar-refractivity contribution in [3.63, 3.8) is 0 Å². The lowest BCUT2D eigenvalue weighted by Gasteiger charge is -2.23. The summed E-state index contributed by atoms with van der Waals surface area (Å²) in [4.78, 5) is 24.2. The highest BCUT2D eigenvalue weighted by Crippen LogP contribution is 2.36. The number of carbonyl (C=O) groups excluding carboxylic acids is 2. The SMILES string of the molecule is C[C@@H](Sc1nnc([C@@H]2COc3ccccc3O2)o1)C(=O)NC(=O)NC1CCCC1. The second-order valence-electron chi connectivity index (χ2n) is 6.97. The summed E-state index contributed by atoms with van der Waals surface area (Å²) in [6.45, 7) is 1.92. The summed E-state index contributed by atoms with van der Waals surface area (Å²) in [5.74, 6) is 1.13. The number of aromatic nitrogens is 2. The van der Waals surface area contributed by atoms with Crippen LogP contribution in [0.2, 0.25) is 0 Å². The lowest BCUT2D eigenvalue weighted by molar-refractivity contribution is -0.119. The average Bonchev–Trinajstić information content (AvgIpc) is 3.39. The number of benzene rings is 1. The summed E-state index contributed by atoms with van der Waals surface area (Å²) in [5.41, 5.74) is 0. The predicted molar refractivity (Wildman–Crippen MR) is 104 cm³/mol. The van der Waals surface area contributed by atoms with Crippen molar-refractivity contribution in [2.75, 3.05) is 6.61 Å². The van der Waals surface area contributed by atoms with Crippen molar-refractivity contribution in [3.8, 4) is 11.5 Å². The van der Waals surface area contributed by atoms with Crippen LogP contribution in [-0.4, -0.2) is 40.0 Å². The highest BCUT2D eigenvalue weighted by atomic mass is 32.2. The molecule has 4 rings (SSSR count). The second-order valence-corrected chi connectivity index (χ2v) is 8.27. The number of nitrogens with zero attached hydrogens (tertiary/aromatic N) is 2. The van der Waals surface area contributed by atoms with E-state index in [-0.39, 0.29) is 23.8 Å². The molecule has 1 aromatic heterocycles. The number of ether oxygens (including phenoxy) is 2. The lowest BCUT2D eigenvalue weighted by Crippen LogP contribution is -2.45. The van der Waals surface area contributed by atoms with E-state index in [1.54, 1.807) is 13.0 Å². The van der Waals surface area contributed by atoms with Crippen LogP contribution in [0.5, 0.6) is 11.5 Å². The van der Waals surface area contributed by atoms with Gasteiger partial charge in [0.1, 0.15) is 6.61 Å². The standard InChI is InChI=1S/C19H22N4O5S/c1-11(16(24)21-18(25)20-12-6-2-3-7-12)29-19-23-22-17(28-19)15-10-26-13-8-4-5-9-14(13)27-15/h4-5,8-9,11-12,15H,2-3,6-7,10H2,1H3,(H2,20,21,24,25)/t11-,15+/m1/s1. The Labute approximate surface area is 171 Å². The molecule has 0 saturated heterocycles. The van der Waals surface area contributed by atoms with E-state index in [2.05, 4.69) is 20.8 Å². The van der Waals surface area contributed by atoms with Gasteiger partial charge in [-0.1, -0.05) is 36.7 Å². The number of hydrogen-bond acceptors (Lipinski definition) is 8. The van der Waals surface area contributed by atoms with Gasteiger partial charge in [-0.15, -0.1) is 10.2 Å². The van der Waals surface area contributed by atoms with Gasteiger partial charge in [0.25, 0.3) is 11.1 Å². The molecule has 0 radical (unpaired) electrons. The van der Waals surface area contributed by atoms with Crippen LogP contribution in [0.15, 0.2) is 33.9 Å². The van der Waals surface area contributed by atoms with E-state index < -0.39 is 23.3 Å². The summed E-state index contributed by atoms with van der Waals surface area (Å²) in [6.07, 6.45) is 3.59. The molecule has 9 nitrogen and oxygen atoms in total. The van der Waals surface area contributed by atoms with E-state index in [1.807, 2.05) is 18.2 Å². The molecule has 0 spiro atoms. The topological polar surface area (TPSA) is 116 Å². The van der Waals surface area contributed by atoms with Crippen molar-refractivity contribution in [1.82, 2.24) is 20.8 Å². The van der Waals surface area contributed by atoms with Gasteiger partial charge in [-0.05, 0) is 31.9 Å². The van der Waals surface area contributed by atoms with Crippen LogP contribution in [0.3, 0.4) is 0 Å². The molecule has 2 N–H and O–H groups in total. The minimum atomic E-state index is -0.582. The van der Waals surface area contributed by atoms with Gasteiger partial charge in [0, 0.05) is 6.04 Å². The first kappa shape index (κ1) is 19.6. The number of thioether (sulfide) groups is 1. The Balaban J connectivity index is 1.29. The molecular formula is C19H22N4O5S. The number of fused-ring (bicyclic) bond motifs is 1. The Morgan fingerprint density at radius 1 is 1.17 bits per heavy atom. The van der Waals surface area contributed by atoms with Crippen LogP contribution in [0.25, 0.3) is 0 Å². The van der Waals surface area contributed by atoms with E-state index in [1.165, 1.54) is 0 Å². The first-order chi connectivity index (χ1) is 14.1. The van der Waals surface area contributed by atoms with Gasteiger partial charge in [0.15, 0.2) is 11.5 Å². The van der Waals surface area contributed by atoms with Crippen LogP contribution >= 0.6 is 11.8 Å². The van der Waals surface area contributed by atoms with Crippen LogP contribution in [-0.2, 0) is 4.79 Å². The fourth-order valence-electron chi connectivity index (χ4n) is 3.25. The molecule has 0 unspecified atom stereocenters. The van der Waals surface area contributed by atoms with E-state index in [9.17, 15) is 9.59 Å². The van der Waals surface area contributed by atoms with Crippen molar-refractivity contribution in [1.29, 1.82) is 0 Å². The van der Waals surface area contributed by atoms with Gasteiger partial charge in [-0.2, -0.15) is 0 Å². The molecule has 10 heteroatoms. The molecule has 2 heterocycles. The van der Waals surface area contributed by atoms with Gasteiger partial charge in [0.05, 0.1) is 5.25 Å². The molecule has 1 aliphatic heterocycles. The van der Waals surface area contributed by atoms with E-state index in [4.69, 9.17) is 13.9 Å². The molecular weight excluding hydrogens is 396 g/mol. The Kier molecular flexibility index (Phi) is 5.89. The van der Waals surface area contributed by atoms with Gasteiger partial charge < -0.3 is 19.2 Å². The molecule has 29 heavy (non-hydrogen) atoms. The maximum atomic E-state index is 12.3. The van der Waals surface area contributed by atoms with E-state index >= 15 is 0 Å². The highest BCUT2D eigenvalue weighted by molar-refractivity contribution is 8.00. The second kappa shape index (κ2) is 8.73. The molecule has 0 bridgehead atoms. The monoisotopic (exact) mass is 418 g/mol. The number of urea groups is 1. The van der Waals surface area contributed by atoms with Gasteiger partial charge in [-0.3, -0.25) is 10.1 Å². The van der Waals surface area contributed by atoms with Crippen LogP contribution in [0.1, 0.15) is 44.6 Å². The summed E-state index contributed by atoms with van der Waals surface area (Å²) >= 11 is 1.08. The molecule has 1 fully saturated rings. The Morgan fingerprint density at radius 2 is 1.93 bits per heavy atom. The fraction of sp³-hybridized carbons (Fsp3) is 0.474. The summed E-state index contributed by atoms with van der Waals surface area (Å²) < 4.78 is 17.1. The van der Waals surface area contributed by atoms with Crippen LogP contribution < -0.4 is 20.1 Å². The molecule has 2 atom stereocenters. The third kappa shape index (κ3) is 4.81. The van der Waals surface area contributed by atoms with Gasteiger partial charge in [-0.25, -0.2) is 4.79 Å². The lowest BCUT2D eigenvalue weighted by atomic mass is 10.2. The van der Waals surface area contributed by atoms with E-state index in [0.717, 1.165) is 37.4 Å². The summed E-state index contributed by atoms with van der Waals surface area (Å²) in [7, 11) is 0. The minimum absolute atomic E-state index is 0.145. The third-order valence-electron chi connectivity index (χ3n) is 4.78. The van der Waals surface area contributed by atoms with Gasteiger partial charge in [0.2, 0.25) is 12.0 Å². The molecule has 1 aromatic carbocycles. The van der Waals surface area contributed by atoms with Crippen molar-refractivity contribution in [2.45, 2.75) is 55.2 Å². The zero-order chi connectivity index (χ0) is 20.2. The van der Waals surface area contributed by atoms with Crippen LogP contribution in [0, 0.1) is 0 Å². The van der Waals surface area contributed by atoms with Crippen molar-refractivity contribution < 1.29 is 23.5 Å². The fourth-order valence-corrected chi connectivity index (χ4v) is 3.94. The normalized spacial score (nSPS) is 19.6. The number of carbonyl (C=O) groups is 2. The molecule has 2 aliphatic rings. The number of amides is 3. The quantitative estimate of drug-likeness (QED) is 0.712. The van der Waals surface area contributed by atoms with Crippen LogP contribution in [0.4, 0.5) is 4.79 Å². The third-order valence-corrected chi connectivity index (χ3v) is 5.71. The number of rotatable bonds is 5. The first-order valence-corrected chi connectivity index (χ1v) is 10.5. The van der Waals surface area contributed by atoms with Crippen molar-refractivity contribution >= 4 is 23.7 Å².